The van der Waals surface area contributed by atoms with Crippen LogP contribution in [0.2, 0.25) is 0 Å². The number of benzene rings is 2. The third-order valence-corrected chi connectivity index (χ3v) is 6.06. The molecular weight excluding hydrogens is 406 g/mol. The van der Waals surface area contributed by atoms with Crippen molar-refractivity contribution in [3.63, 3.8) is 0 Å². The number of thioether (sulfide) groups is 1. The number of carbonyl (C=O) groups excluding carboxylic acids is 1. The number of hydrogen-bond donors (Lipinski definition) is 1. The molecule has 29 heavy (non-hydrogen) atoms. The van der Waals surface area contributed by atoms with Crippen LogP contribution in [-0.4, -0.2) is 29.3 Å². The van der Waals surface area contributed by atoms with Crippen LogP contribution in [0.15, 0.2) is 52.9 Å². The number of ether oxygens (including phenoxy) is 2. The van der Waals surface area contributed by atoms with Crippen molar-refractivity contribution in [2.75, 3.05) is 18.5 Å². The molecule has 0 saturated heterocycles. The molecule has 6 nitrogen and oxygen atoms in total. The van der Waals surface area contributed by atoms with Gasteiger partial charge in [0.2, 0.25) is 5.13 Å². The Morgan fingerprint density at radius 1 is 1.07 bits per heavy atom. The van der Waals surface area contributed by atoms with Gasteiger partial charge in [-0.25, -0.2) is 0 Å². The van der Waals surface area contributed by atoms with E-state index in [1.165, 1.54) is 16.9 Å². The van der Waals surface area contributed by atoms with Crippen molar-refractivity contribution in [2.24, 2.45) is 0 Å². The first-order valence-electron chi connectivity index (χ1n) is 9.36. The van der Waals surface area contributed by atoms with Crippen molar-refractivity contribution < 1.29 is 14.3 Å². The summed E-state index contributed by atoms with van der Waals surface area (Å²) in [6, 6.07) is 15.3. The van der Waals surface area contributed by atoms with Crippen LogP contribution in [0.25, 0.3) is 0 Å². The van der Waals surface area contributed by atoms with Gasteiger partial charge in [0.25, 0.3) is 5.91 Å². The third-order valence-electron chi connectivity index (χ3n) is 3.98. The predicted octanol–water partition coefficient (Wildman–Crippen LogP) is 5.44. The van der Waals surface area contributed by atoms with Gasteiger partial charge in [0, 0.05) is 10.8 Å². The van der Waals surface area contributed by atoms with Crippen molar-refractivity contribution in [1.29, 1.82) is 0 Å². The number of nitrogens with zero attached hydrogens (tertiary/aromatic N) is 2. The van der Waals surface area contributed by atoms with E-state index in [1.807, 2.05) is 32.0 Å². The zero-order valence-corrected chi connectivity index (χ0v) is 18.2. The van der Waals surface area contributed by atoms with Crippen LogP contribution < -0.4 is 14.8 Å². The average molecular weight is 430 g/mol. The molecule has 0 radical (unpaired) electrons. The summed E-state index contributed by atoms with van der Waals surface area (Å²) in [7, 11) is 0. The van der Waals surface area contributed by atoms with E-state index in [2.05, 4.69) is 34.6 Å². The van der Waals surface area contributed by atoms with E-state index in [-0.39, 0.29) is 11.2 Å². The largest absolute Gasteiger partial charge is 0.490 e. The molecule has 1 atom stereocenters. The Labute approximate surface area is 178 Å². The first-order chi connectivity index (χ1) is 14.1. The fourth-order valence-electron chi connectivity index (χ4n) is 2.61. The van der Waals surface area contributed by atoms with Gasteiger partial charge in [-0.3, -0.25) is 10.1 Å². The smallest absolute Gasteiger partial charge is 0.257 e. The van der Waals surface area contributed by atoms with Crippen LogP contribution in [0.5, 0.6) is 11.5 Å². The molecule has 0 spiro atoms. The Morgan fingerprint density at radius 3 is 2.52 bits per heavy atom. The molecule has 0 aliphatic carbocycles. The van der Waals surface area contributed by atoms with E-state index in [0.29, 0.717) is 35.4 Å². The summed E-state index contributed by atoms with van der Waals surface area (Å²) < 4.78 is 11.9. The second kappa shape index (κ2) is 10.3. The number of carbonyl (C=O) groups is 1. The SMILES string of the molecule is CCOc1ccc(C(=O)Nc2nnc(SC(C)c3ccccc3)s2)cc1OCC. The number of hydrogen-bond acceptors (Lipinski definition) is 7. The van der Waals surface area contributed by atoms with Crippen molar-refractivity contribution in [1.82, 2.24) is 10.2 Å². The number of nitrogens with one attached hydrogen (secondary N) is 1. The van der Waals surface area contributed by atoms with Crippen LogP contribution in [0.3, 0.4) is 0 Å². The summed E-state index contributed by atoms with van der Waals surface area (Å²) in [4.78, 5) is 12.6. The van der Waals surface area contributed by atoms with Gasteiger partial charge in [-0.1, -0.05) is 53.4 Å². The molecule has 0 aliphatic rings. The fourth-order valence-corrected chi connectivity index (χ4v) is 4.63. The molecule has 1 heterocycles. The van der Waals surface area contributed by atoms with E-state index in [0.717, 1.165) is 4.34 Å². The summed E-state index contributed by atoms with van der Waals surface area (Å²) in [6.45, 7) is 6.92. The van der Waals surface area contributed by atoms with Gasteiger partial charge in [-0.2, -0.15) is 0 Å². The predicted molar refractivity (Wildman–Crippen MR) is 117 cm³/mol. The third kappa shape index (κ3) is 5.71. The average Bonchev–Trinajstić information content (AvgIpc) is 3.17. The highest BCUT2D eigenvalue weighted by Crippen LogP contribution is 2.37. The zero-order chi connectivity index (χ0) is 20.6. The number of anilines is 1. The van der Waals surface area contributed by atoms with Crippen molar-refractivity contribution in [3.05, 3.63) is 59.7 Å². The maximum Gasteiger partial charge on any atom is 0.257 e. The molecule has 0 aliphatic heterocycles. The second-order valence-corrected chi connectivity index (χ2v) is 8.59. The monoisotopic (exact) mass is 429 g/mol. The van der Waals surface area contributed by atoms with Crippen molar-refractivity contribution >= 4 is 34.1 Å². The molecule has 3 aromatic rings. The van der Waals surface area contributed by atoms with Crippen molar-refractivity contribution in [3.8, 4) is 11.5 Å². The van der Waals surface area contributed by atoms with Gasteiger partial charge < -0.3 is 9.47 Å². The Bertz CT molecular complexity index is 947. The van der Waals surface area contributed by atoms with Gasteiger partial charge in [-0.05, 0) is 44.5 Å². The maximum atomic E-state index is 12.6. The van der Waals surface area contributed by atoms with Crippen LogP contribution in [0, 0.1) is 0 Å². The van der Waals surface area contributed by atoms with Gasteiger partial charge >= 0.3 is 0 Å². The molecule has 1 aromatic heterocycles. The first-order valence-corrected chi connectivity index (χ1v) is 11.1. The molecule has 0 fully saturated rings. The Balaban J connectivity index is 1.66. The number of aromatic nitrogens is 2. The van der Waals surface area contributed by atoms with E-state index in [4.69, 9.17) is 9.47 Å². The summed E-state index contributed by atoms with van der Waals surface area (Å²) in [5, 5.41) is 11.8. The van der Waals surface area contributed by atoms with E-state index in [1.54, 1.807) is 30.0 Å². The minimum absolute atomic E-state index is 0.243. The Hall–Kier alpha value is -2.58. The van der Waals surface area contributed by atoms with Gasteiger partial charge in [0.1, 0.15) is 0 Å². The van der Waals surface area contributed by atoms with Crippen LogP contribution in [0.1, 0.15) is 41.9 Å². The molecule has 0 bridgehead atoms. The first kappa shape index (κ1) is 21.1. The van der Waals surface area contributed by atoms with Crippen LogP contribution >= 0.6 is 23.1 Å². The minimum atomic E-state index is -0.266. The lowest BCUT2D eigenvalue weighted by molar-refractivity contribution is 0.102. The van der Waals surface area contributed by atoms with E-state index in [9.17, 15) is 4.79 Å². The molecule has 1 unspecified atom stereocenters. The molecule has 152 valence electrons. The molecule has 2 aromatic carbocycles. The standard InChI is InChI=1S/C21H23N3O3S2/c1-4-26-17-12-11-16(13-18(17)27-5-2)19(25)22-20-23-24-21(29-20)28-14(3)15-9-7-6-8-10-15/h6-14H,4-5H2,1-3H3,(H,22,23,25). The Morgan fingerprint density at radius 2 is 1.79 bits per heavy atom. The van der Waals surface area contributed by atoms with E-state index < -0.39 is 0 Å². The van der Waals surface area contributed by atoms with Gasteiger partial charge in [0.05, 0.1) is 13.2 Å². The summed E-state index contributed by atoms with van der Waals surface area (Å²) in [5.74, 6) is 0.903. The quantitative estimate of drug-likeness (QED) is 0.361. The second-order valence-electron chi connectivity index (χ2n) is 6.03. The summed E-state index contributed by atoms with van der Waals surface area (Å²) >= 11 is 2.97. The van der Waals surface area contributed by atoms with Gasteiger partial charge in [0.15, 0.2) is 15.8 Å². The lowest BCUT2D eigenvalue weighted by atomic mass is 10.2. The Kier molecular flexibility index (Phi) is 7.48. The highest BCUT2D eigenvalue weighted by Gasteiger charge is 2.15. The molecule has 3 rings (SSSR count). The highest BCUT2D eigenvalue weighted by molar-refractivity contribution is 8.01. The highest BCUT2D eigenvalue weighted by atomic mass is 32.2. The topological polar surface area (TPSA) is 73.3 Å². The minimum Gasteiger partial charge on any atom is -0.490 e. The normalized spacial score (nSPS) is 11.7. The maximum absolute atomic E-state index is 12.6. The number of rotatable bonds is 9. The van der Waals surface area contributed by atoms with Gasteiger partial charge in [-0.15, -0.1) is 10.2 Å². The number of amides is 1. The molecule has 8 heteroatoms. The van der Waals surface area contributed by atoms with Crippen LogP contribution in [0.4, 0.5) is 5.13 Å². The molecule has 0 saturated carbocycles. The molecule has 1 amide bonds. The zero-order valence-electron chi connectivity index (χ0n) is 16.5. The van der Waals surface area contributed by atoms with E-state index >= 15 is 0 Å². The lowest BCUT2D eigenvalue weighted by Gasteiger charge is -2.12. The fraction of sp³-hybridized carbons (Fsp3) is 0.286. The summed E-state index contributed by atoms with van der Waals surface area (Å²) in [5.41, 5.74) is 1.69. The molecule has 1 N–H and O–H groups in total. The lowest BCUT2D eigenvalue weighted by Crippen LogP contribution is -2.12. The summed E-state index contributed by atoms with van der Waals surface area (Å²) in [6.07, 6.45) is 0. The molecular formula is C21H23N3O3S2. The van der Waals surface area contributed by atoms with Crippen LogP contribution in [-0.2, 0) is 0 Å². The van der Waals surface area contributed by atoms with Crippen molar-refractivity contribution in [2.45, 2.75) is 30.4 Å².